The van der Waals surface area contributed by atoms with Gasteiger partial charge in [-0.2, -0.15) is 0 Å². The minimum Gasteiger partial charge on any atom is -0.313 e. The van der Waals surface area contributed by atoms with Crippen LogP contribution in [-0.4, -0.2) is 17.0 Å². The molecule has 1 atom stereocenters. The number of nitrogens with zero attached hydrogens (tertiary/aromatic N) is 2. The zero-order chi connectivity index (χ0) is 11.9. The molecule has 2 aromatic rings. The number of benzene rings is 1. The quantitative estimate of drug-likeness (QED) is 0.852. The molecule has 3 nitrogen and oxygen atoms in total. The van der Waals surface area contributed by atoms with Crippen LogP contribution in [0, 0.1) is 0 Å². The van der Waals surface area contributed by atoms with E-state index in [1.54, 1.807) is 12.4 Å². The van der Waals surface area contributed by atoms with E-state index in [0.29, 0.717) is 6.04 Å². The van der Waals surface area contributed by atoms with Crippen molar-refractivity contribution in [2.24, 2.45) is 0 Å². The van der Waals surface area contributed by atoms with E-state index in [-0.39, 0.29) is 0 Å². The SMILES string of the molecule is CNC(CCc1cnccn1)c1ccccc1. The van der Waals surface area contributed by atoms with Crippen molar-refractivity contribution in [2.75, 3.05) is 7.05 Å². The molecule has 2 rings (SSSR count). The molecule has 17 heavy (non-hydrogen) atoms. The summed E-state index contributed by atoms with van der Waals surface area (Å²) in [5.41, 5.74) is 2.36. The highest BCUT2D eigenvalue weighted by molar-refractivity contribution is 5.19. The summed E-state index contributed by atoms with van der Waals surface area (Å²) >= 11 is 0. The van der Waals surface area contributed by atoms with Crippen molar-refractivity contribution in [2.45, 2.75) is 18.9 Å². The summed E-state index contributed by atoms with van der Waals surface area (Å²) in [6, 6.07) is 10.9. The molecule has 0 aliphatic heterocycles. The second kappa shape index (κ2) is 6.11. The Balaban J connectivity index is 1.97. The van der Waals surface area contributed by atoms with E-state index >= 15 is 0 Å². The van der Waals surface area contributed by atoms with Crippen LogP contribution in [0.3, 0.4) is 0 Å². The van der Waals surface area contributed by atoms with Gasteiger partial charge >= 0.3 is 0 Å². The zero-order valence-electron chi connectivity index (χ0n) is 10.0. The standard InChI is InChI=1S/C14H17N3/c1-15-14(12-5-3-2-4-6-12)8-7-13-11-16-9-10-17-13/h2-6,9-11,14-15H,7-8H2,1H3. The molecule has 88 valence electrons. The number of rotatable bonds is 5. The molecule has 3 heteroatoms. The Hall–Kier alpha value is -1.74. The lowest BCUT2D eigenvalue weighted by Crippen LogP contribution is -2.17. The number of aromatic nitrogens is 2. The van der Waals surface area contributed by atoms with Crippen LogP contribution < -0.4 is 5.32 Å². The Labute approximate surface area is 102 Å². The Morgan fingerprint density at radius 1 is 1.18 bits per heavy atom. The van der Waals surface area contributed by atoms with Crippen LogP contribution in [0.25, 0.3) is 0 Å². The van der Waals surface area contributed by atoms with Gasteiger partial charge in [0.15, 0.2) is 0 Å². The molecule has 1 heterocycles. The first kappa shape index (κ1) is 11.7. The predicted octanol–water partition coefficient (Wildman–Crippen LogP) is 2.37. The molecule has 0 spiro atoms. The molecule has 0 fully saturated rings. The van der Waals surface area contributed by atoms with Crippen LogP contribution in [0.1, 0.15) is 23.7 Å². The fourth-order valence-corrected chi connectivity index (χ4v) is 1.91. The normalized spacial score (nSPS) is 12.3. The third-order valence-electron chi connectivity index (χ3n) is 2.86. The summed E-state index contributed by atoms with van der Waals surface area (Å²) in [6.07, 6.45) is 7.24. The molecule has 1 unspecified atom stereocenters. The largest absolute Gasteiger partial charge is 0.313 e. The van der Waals surface area contributed by atoms with Gasteiger partial charge in [-0.15, -0.1) is 0 Å². The fourth-order valence-electron chi connectivity index (χ4n) is 1.91. The van der Waals surface area contributed by atoms with Gasteiger partial charge in [0.05, 0.1) is 5.69 Å². The minimum atomic E-state index is 0.373. The maximum Gasteiger partial charge on any atom is 0.0587 e. The lowest BCUT2D eigenvalue weighted by molar-refractivity contribution is 0.545. The number of hydrogen-bond acceptors (Lipinski definition) is 3. The van der Waals surface area contributed by atoms with Crippen molar-refractivity contribution in [1.29, 1.82) is 0 Å². The van der Waals surface area contributed by atoms with Crippen molar-refractivity contribution < 1.29 is 0 Å². The smallest absolute Gasteiger partial charge is 0.0587 e. The summed E-state index contributed by atoms with van der Waals surface area (Å²) in [7, 11) is 1.99. The van der Waals surface area contributed by atoms with Crippen LogP contribution in [0.15, 0.2) is 48.9 Å². The topological polar surface area (TPSA) is 37.8 Å². The lowest BCUT2D eigenvalue weighted by atomic mass is 10.0. The molecular formula is C14H17N3. The third kappa shape index (κ3) is 3.36. The second-order valence-corrected chi connectivity index (χ2v) is 3.99. The first-order valence-corrected chi connectivity index (χ1v) is 5.87. The monoisotopic (exact) mass is 227 g/mol. The highest BCUT2D eigenvalue weighted by Gasteiger charge is 2.08. The van der Waals surface area contributed by atoms with E-state index in [4.69, 9.17) is 0 Å². The van der Waals surface area contributed by atoms with Crippen LogP contribution >= 0.6 is 0 Å². The summed E-state index contributed by atoms with van der Waals surface area (Å²) in [5, 5.41) is 3.34. The van der Waals surface area contributed by atoms with E-state index in [0.717, 1.165) is 18.5 Å². The van der Waals surface area contributed by atoms with E-state index in [9.17, 15) is 0 Å². The molecule has 0 aliphatic carbocycles. The Morgan fingerprint density at radius 2 is 2.00 bits per heavy atom. The molecule has 0 aliphatic rings. The Morgan fingerprint density at radius 3 is 2.65 bits per heavy atom. The minimum absolute atomic E-state index is 0.373. The lowest BCUT2D eigenvalue weighted by Gasteiger charge is -2.16. The Kier molecular flexibility index (Phi) is 4.22. The molecule has 1 N–H and O–H groups in total. The average molecular weight is 227 g/mol. The van der Waals surface area contributed by atoms with Crippen molar-refractivity contribution in [3.63, 3.8) is 0 Å². The van der Waals surface area contributed by atoms with Crippen LogP contribution in [0.4, 0.5) is 0 Å². The van der Waals surface area contributed by atoms with Gasteiger partial charge in [0.2, 0.25) is 0 Å². The third-order valence-corrected chi connectivity index (χ3v) is 2.86. The van der Waals surface area contributed by atoms with Crippen LogP contribution in [0.2, 0.25) is 0 Å². The van der Waals surface area contributed by atoms with E-state index in [1.807, 2.05) is 19.3 Å². The highest BCUT2D eigenvalue weighted by atomic mass is 14.9. The molecule has 0 saturated carbocycles. The predicted molar refractivity (Wildman–Crippen MR) is 68.6 cm³/mol. The molecule has 0 radical (unpaired) electrons. The van der Waals surface area contributed by atoms with Gasteiger partial charge in [0.1, 0.15) is 0 Å². The first-order chi connectivity index (χ1) is 8.40. The molecule has 0 saturated heterocycles. The van der Waals surface area contributed by atoms with Gasteiger partial charge in [-0.05, 0) is 25.5 Å². The maximum absolute atomic E-state index is 4.29. The van der Waals surface area contributed by atoms with Crippen molar-refractivity contribution in [1.82, 2.24) is 15.3 Å². The van der Waals surface area contributed by atoms with Gasteiger partial charge in [0, 0.05) is 24.6 Å². The Bertz CT molecular complexity index is 428. The average Bonchev–Trinajstić information content (AvgIpc) is 2.42. The second-order valence-electron chi connectivity index (χ2n) is 3.99. The highest BCUT2D eigenvalue weighted by Crippen LogP contribution is 2.17. The van der Waals surface area contributed by atoms with Crippen LogP contribution in [-0.2, 0) is 6.42 Å². The van der Waals surface area contributed by atoms with Crippen molar-refractivity contribution in [3.05, 3.63) is 60.2 Å². The van der Waals surface area contributed by atoms with E-state index < -0.39 is 0 Å². The summed E-state index contributed by atoms with van der Waals surface area (Å²) in [6.45, 7) is 0. The maximum atomic E-state index is 4.29. The molecule has 1 aromatic heterocycles. The summed E-state index contributed by atoms with van der Waals surface area (Å²) < 4.78 is 0. The molecule has 0 amide bonds. The van der Waals surface area contributed by atoms with Gasteiger partial charge < -0.3 is 5.32 Å². The van der Waals surface area contributed by atoms with Gasteiger partial charge in [-0.3, -0.25) is 9.97 Å². The molecule has 0 bridgehead atoms. The first-order valence-electron chi connectivity index (χ1n) is 5.87. The summed E-state index contributed by atoms with van der Waals surface area (Å²) in [5.74, 6) is 0. The van der Waals surface area contributed by atoms with Gasteiger partial charge in [0.25, 0.3) is 0 Å². The molecular weight excluding hydrogens is 210 g/mol. The van der Waals surface area contributed by atoms with Crippen LogP contribution in [0.5, 0.6) is 0 Å². The van der Waals surface area contributed by atoms with Crippen molar-refractivity contribution in [3.8, 4) is 0 Å². The van der Waals surface area contributed by atoms with Gasteiger partial charge in [-0.25, -0.2) is 0 Å². The van der Waals surface area contributed by atoms with Gasteiger partial charge in [-0.1, -0.05) is 30.3 Å². The number of nitrogens with one attached hydrogen (secondary N) is 1. The number of aryl methyl sites for hydroxylation is 1. The number of hydrogen-bond donors (Lipinski definition) is 1. The molecule has 1 aromatic carbocycles. The van der Waals surface area contributed by atoms with Crippen molar-refractivity contribution >= 4 is 0 Å². The van der Waals surface area contributed by atoms with E-state index in [1.165, 1.54) is 5.56 Å². The zero-order valence-corrected chi connectivity index (χ0v) is 10.0. The van der Waals surface area contributed by atoms with E-state index in [2.05, 4.69) is 39.6 Å². The fraction of sp³-hybridized carbons (Fsp3) is 0.286. The summed E-state index contributed by atoms with van der Waals surface area (Å²) in [4.78, 5) is 8.37.